The molecule has 0 amide bonds. The second-order valence-corrected chi connectivity index (χ2v) is 3.95. The Balaban J connectivity index is 2.86. The molecule has 0 aromatic heterocycles. The summed E-state index contributed by atoms with van der Waals surface area (Å²) >= 11 is 0. The number of aliphatic hydroxyl groups is 1. The van der Waals surface area contributed by atoms with Crippen molar-refractivity contribution in [2.45, 2.75) is 12.5 Å². The van der Waals surface area contributed by atoms with Crippen LogP contribution in [-0.2, 0) is 4.74 Å². The highest BCUT2D eigenvalue weighted by Gasteiger charge is 2.16. The maximum absolute atomic E-state index is 10.8. The van der Waals surface area contributed by atoms with E-state index in [-0.39, 0.29) is 24.1 Å². The zero-order valence-corrected chi connectivity index (χ0v) is 11.0. The van der Waals surface area contributed by atoms with Crippen LogP contribution in [0.5, 0.6) is 5.75 Å². The standard InChI is InChI=1S/C12H18N2O5/c1-18-8-10(5-6-15)13-9-3-4-11(14(16)17)12(7-9)19-2/h3-4,7,10,13,15H,5-6,8H2,1-2H3. The molecule has 0 bridgehead atoms. The quantitative estimate of drug-likeness (QED) is 0.548. The summed E-state index contributed by atoms with van der Waals surface area (Å²) in [6, 6.07) is 4.46. The zero-order valence-electron chi connectivity index (χ0n) is 11.0. The number of anilines is 1. The molecule has 7 heteroatoms. The molecule has 7 nitrogen and oxygen atoms in total. The minimum Gasteiger partial charge on any atom is -0.490 e. The van der Waals surface area contributed by atoms with Gasteiger partial charge in [0.05, 0.1) is 24.7 Å². The van der Waals surface area contributed by atoms with Crippen molar-refractivity contribution in [1.82, 2.24) is 0 Å². The number of methoxy groups -OCH3 is 2. The molecule has 19 heavy (non-hydrogen) atoms. The van der Waals surface area contributed by atoms with Crippen LogP contribution >= 0.6 is 0 Å². The Morgan fingerprint density at radius 2 is 2.21 bits per heavy atom. The molecule has 1 aromatic carbocycles. The lowest BCUT2D eigenvalue weighted by atomic mass is 10.2. The van der Waals surface area contributed by atoms with Gasteiger partial charge in [-0.25, -0.2) is 0 Å². The van der Waals surface area contributed by atoms with Crippen molar-refractivity contribution in [2.24, 2.45) is 0 Å². The van der Waals surface area contributed by atoms with Gasteiger partial charge >= 0.3 is 5.69 Å². The summed E-state index contributed by atoms with van der Waals surface area (Å²) in [4.78, 5) is 10.3. The van der Waals surface area contributed by atoms with Gasteiger partial charge in [0.25, 0.3) is 0 Å². The van der Waals surface area contributed by atoms with Crippen LogP contribution in [0.25, 0.3) is 0 Å². The zero-order chi connectivity index (χ0) is 14.3. The molecule has 0 aliphatic carbocycles. The molecule has 0 fully saturated rings. The Morgan fingerprint density at radius 3 is 2.74 bits per heavy atom. The Bertz CT molecular complexity index is 419. The van der Waals surface area contributed by atoms with Crippen LogP contribution in [0.15, 0.2) is 18.2 Å². The van der Waals surface area contributed by atoms with Crippen LogP contribution in [0.4, 0.5) is 11.4 Å². The molecular formula is C12H18N2O5. The Labute approximate surface area is 111 Å². The van der Waals surface area contributed by atoms with Crippen molar-refractivity contribution in [1.29, 1.82) is 0 Å². The Hall–Kier alpha value is -1.86. The lowest BCUT2D eigenvalue weighted by Gasteiger charge is -2.18. The third kappa shape index (κ3) is 4.38. The lowest BCUT2D eigenvalue weighted by Crippen LogP contribution is -2.26. The highest BCUT2D eigenvalue weighted by atomic mass is 16.6. The number of benzene rings is 1. The number of nitro groups is 1. The van der Waals surface area contributed by atoms with Gasteiger partial charge in [-0.15, -0.1) is 0 Å². The Morgan fingerprint density at radius 1 is 1.47 bits per heavy atom. The monoisotopic (exact) mass is 270 g/mol. The molecule has 1 aromatic rings. The molecule has 0 saturated carbocycles. The summed E-state index contributed by atoms with van der Waals surface area (Å²) in [5, 5.41) is 22.9. The van der Waals surface area contributed by atoms with E-state index in [9.17, 15) is 10.1 Å². The highest BCUT2D eigenvalue weighted by Crippen LogP contribution is 2.30. The van der Waals surface area contributed by atoms with Gasteiger partial charge in [0, 0.05) is 31.5 Å². The van der Waals surface area contributed by atoms with E-state index in [4.69, 9.17) is 14.6 Å². The van der Waals surface area contributed by atoms with Gasteiger partial charge < -0.3 is 19.9 Å². The minimum atomic E-state index is -0.497. The minimum absolute atomic E-state index is 0.0329. The largest absolute Gasteiger partial charge is 0.490 e. The van der Waals surface area contributed by atoms with Crippen molar-refractivity contribution in [3.63, 3.8) is 0 Å². The molecule has 0 radical (unpaired) electrons. The number of nitrogens with zero attached hydrogens (tertiary/aromatic N) is 1. The molecule has 1 rings (SSSR count). The number of aliphatic hydroxyl groups excluding tert-OH is 1. The molecule has 2 N–H and O–H groups in total. The van der Waals surface area contributed by atoms with Crippen molar-refractivity contribution in [2.75, 3.05) is 32.8 Å². The summed E-state index contributed by atoms with van der Waals surface area (Å²) < 4.78 is 10.0. The number of nitrogens with one attached hydrogen (secondary N) is 1. The lowest BCUT2D eigenvalue weighted by molar-refractivity contribution is -0.385. The number of ether oxygens (including phenoxy) is 2. The first-order valence-electron chi connectivity index (χ1n) is 5.81. The second kappa shape index (κ2) is 7.55. The van der Waals surface area contributed by atoms with Crippen LogP contribution in [0.3, 0.4) is 0 Å². The maximum Gasteiger partial charge on any atom is 0.311 e. The van der Waals surface area contributed by atoms with Crippen molar-refractivity contribution in [3.8, 4) is 5.75 Å². The topological polar surface area (TPSA) is 93.9 Å². The first-order valence-corrected chi connectivity index (χ1v) is 5.81. The Kier molecular flexibility index (Phi) is 6.04. The van der Waals surface area contributed by atoms with Gasteiger partial charge in [-0.05, 0) is 12.5 Å². The number of hydrogen-bond donors (Lipinski definition) is 2. The third-order valence-corrected chi connectivity index (χ3v) is 2.59. The molecule has 1 atom stereocenters. The van der Waals surface area contributed by atoms with Crippen molar-refractivity contribution < 1.29 is 19.5 Å². The number of rotatable bonds is 8. The van der Waals surface area contributed by atoms with Crippen molar-refractivity contribution >= 4 is 11.4 Å². The van der Waals surface area contributed by atoms with E-state index in [0.717, 1.165) is 0 Å². The van der Waals surface area contributed by atoms with Crippen LogP contribution < -0.4 is 10.1 Å². The van der Waals surface area contributed by atoms with Crippen LogP contribution in [0, 0.1) is 10.1 Å². The highest BCUT2D eigenvalue weighted by molar-refractivity contribution is 5.58. The first kappa shape index (κ1) is 15.2. The van der Waals surface area contributed by atoms with Gasteiger partial charge in [0.1, 0.15) is 0 Å². The number of hydrogen-bond acceptors (Lipinski definition) is 6. The van der Waals surface area contributed by atoms with Gasteiger partial charge in [0.2, 0.25) is 0 Å². The molecule has 0 saturated heterocycles. The fraction of sp³-hybridized carbons (Fsp3) is 0.500. The van der Waals surface area contributed by atoms with Crippen molar-refractivity contribution in [3.05, 3.63) is 28.3 Å². The van der Waals surface area contributed by atoms with E-state index in [2.05, 4.69) is 5.32 Å². The average Bonchev–Trinajstić information content (AvgIpc) is 2.38. The summed E-state index contributed by atoms with van der Waals surface area (Å²) in [7, 11) is 2.95. The molecule has 0 aliphatic heterocycles. The van der Waals surface area contributed by atoms with Crippen LogP contribution in [0.1, 0.15) is 6.42 Å². The smallest absolute Gasteiger partial charge is 0.311 e. The maximum atomic E-state index is 10.8. The second-order valence-electron chi connectivity index (χ2n) is 3.95. The third-order valence-electron chi connectivity index (χ3n) is 2.59. The van der Waals surface area contributed by atoms with Gasteiger partial charge in [0.15, 0.2) is 5.75 Å². The van der Waals surface area contributed by atoms with E-state index < -0.39 is 4.92 Å². The SMILES string of the molecule is COCC(CCO)Nc1ccc([N+](=O)[O-])c(OC)c1. The number of nitro benzene ring substituents is 1. The van der Waals surface area contributed by atoms with Gasteiger partial charge in [-0.1, -0.05) is 0 Å². The predicted molar refractivity (Wildman–Crippen MR) is 70.6 cm³/mol. The fourth-order valence-corrected chi connectivity index (χ4v) is 1.71. The normalized spacial score (nSPS) is 11.9. The molecule has 1 unspecified atom stereocenters. The fourth-order valence-electron chi connectivity index (χ4n) is 1.71. The van der Waals surface area contributed by atoms with E-state index in [1.807, 2.05) is 0 Å². The van der Waals surface area contributed by atoms with E-state index in [0.29, 0.717) is 18.7 Å². The molecule has 0 heterocycles. The summed E-state index contributed by atoms with van der Waals surface area (Å²) in [5.41, 5.74) is 0.594. The summed E-state index contributed by atoms with van der Waals surface area (Å²) in [5.74, 6) is 0.190. The summed E-state index contributed by atoms with van der Waals surface area (Å²) in [6.45, 7) is 0.463. The van der Waals surface area contributed by atoms with Crippen LogP contribution in [-0.4, -0.2) is 43.5 Å². The average molecular weight is 270 g/mol. The molecular weight excluding hydrogens is 252 g/mol. The summed E-state index contributed by atoms with van der Waals surface area (Å²) in [6.07, 6.45) is 0.521. The molecule has 0 aliphatic rings. The van der Waals surface area contributed by atoms with E-state index in [1.54, 1.807) is 19.2 Å². The molecule has 106 valence electrons. The van der Waals surface area contributed by atoms with Gasteiger partial charge in [-0.3, -0.25) is 10.1 Å². The predicted octanol–water partition coefficient (Wildman–Crippen LogP) is 1.41. The molecule has 0 spiro atoms. The van der Waals surface area contributed by atoms with Crippen LogP contribution in [0.2, 0.25) is 0 Å². The van der Waals surface area contributed by atoms with E-state index in [1.165, 1.54) is 13.2 Å². The van der Waals surface area contributed by atoms with Gasteiger partial charge in [-0.2, -0.15) is 0 Å². The van der Waals surface area contributed by atoms with E-state index >= 15 is 0 Å². The first-order chi connectivity index (χ1) is 9.12.